The Morgan fingerprint density at radius 3 is 2.48 bits per heavy atom. The summed E-state index contributed by atoms with van der Waals surface area (Å²) < 4.78 is 4.54. The highest BCUT2D eigenvalue weighted by Gasteiger charge is 2.20. The zero-order chi connectivity index (χ0) is 17.4. The summed E-state index contributed by atoms with van der Waals surface area (Å²) in [6, 6.07) is 4.57. The third kappa shape index (κ3) is 6.02. The molecule has 0 spiro atoms. The van der Waals surface area contributed by atoms with Gasteiger partial charge in [0.15, 0.2) is 0 Å². The number of amides is 2. The van der Waals surface area contributed by atoms with Gasteiger partial charge in [-0.25, -0.2) is 4.79 Å². The third-order valence-electron chi connectivity index (χ3n) is 2.39. The molecule has 10 heteroatoms. The van der Waals surface area contributed by atoms with E-state index < -0.39 is 17.9 Å². The van der Waals surface area contributed by atoms with Crippen molar-refractivity contribution in [1.29, 1.82) is 5.26 Å². The van der Waals surface area contributed by atoms with Crippen LogP contribution < -0.4 is 5.32 Å². The van der Waals surface area contributed by atoms with Crippen molar-refractivity contribution in [2.75, 3.05) is 13.2 Å². The van der Waals surface area contributed by atoms with Crippen molar-refractivity contribution in [2.24, 2.45) is 16.1 Å². The van der Waals surface area contributed by atoms with Gasteiger partial charge < -0.3 is 4.74 Å². The number of carbonyl (C=O) groups excluding carboxylic acids is 2. The molecule has 1 N–H and O–H groups in total. The lowest BCUT2D eigenvalue weighted by atomic mass is 10.1. The lowest BCUT2D eigenvalue weighted by Gasteiger charge is -2.06. The van der Waals surface area contributed by atoms with E-state index in [0.717, 1.165) is 0 Å². The number of alkyl carbamates (subject to hydrolysis) is 1. The smallest absolute Gasteiger partial charge is 0.413 e. The summed E-state index contributed by atoms with van der Waals surface area (Å²) in [5.74, 6) is -2.05. The van der Waals surface area contributed by atoms with E-state index >= 15 is 0 Å². The van der Waals surface area contributed by atoms with Gasteiger partial charge >= 0.3 is 6.09 Å². The SMILES string of the molecule is CCOC(=O)NC(=O)C(C#N)CN=Nc1c(Cl)cc(Cl)cc1Cl. The number of hydrogen-bond donors (Lipinski definition) is 1. The molecule has 2 amide bonds. The van der Waals surface area contributed by atoms with Crippen molar-refractivity contribution < 1.29 is 14.3 Å². The Morgan fingerprint density at radius 2 is 1.96 bits per heavy atom. The number of azo groups is 1. The number of hydrogen-bond acceptors (Lipinski definition) is 6. The number of ether oxygens (including phenoxy) is 1. The molecule has 122 valence electrons. The molecule has 1 aromatic carbocycles. The molecule has 0 bridgehead atoms. The van der Waals surface area contributed by atoms with Crippen molar-refractivity contribution in [3.8, 4) is 6.07 Å². The standard InChI is InChI=1S/C13H11Cl3N4O3/c1-2-23-13(22)19-12(21)7(5-17)6-18-20-11-9(15)3-8(14)4-10(11)16/h3-4,7H,2,6H2,1H3,(H,19,21,22). The van der Waals surface area contributed by atoms with Crippen molar-refractivity contribution >= 4 is 52.5 Å². The lowest BCUT2D eigenvalue weighted by molar-refractivity contribution is -0.122. The number of imide groups is 1. The zero-order valence-corrected chi connectivity index (χ0v) is 14.1. The van der Waals surface area contributed by atoms with Crippen LogP contribution in [0.5, 0.6) is 0 Å². The second-order valence-corrected chi connectivity index (χ2v) is 5.28. The van der Waals surface area contributed by atoms with Gasteiger partial charge in [-0.1, -0.05) is 34.8 Å². The Bertz CT molecular complexity index is 650. The van der Waals surface area contributed by atoms with Crippen LogP contribution in [0, 0.1) is 17.2 Å². The van der Waals surface area contributed by atoms with E-state index in [1.807, 2.05) is 5.32 Å². The van der Waals surface area contributed by atoms with Crippen molar-refractivity contribution in [3.63, 3.8) is 0 Å². The number of halogens is 3. The van der Waals surface area contributed by atoms with Gasteiger partial charge in [0, 0.05) is 5.02 Å². The summed E-state index contributed by atoms with van der Waals surface area (Å²) in [6.45, 7) is 1.40. The average molecular weight is 378 g/mol. The Hall–Kier alpha value is -1.88. The van der Waals surface area contributed by atoms with Gasteiger partial charge in [0.25, 0.3) is 0 Å². The van der Waals surface area contributed by atoms with Crippen LogP contribution in [-0.4, -0.2) is 25.2 Å². The average Bonchev–Trinajstić information content (AvgIpc) is 2.45. The second kappa shape index (κ2) is 9.30. The van der Waals surface area contributed by atoms with Gasteiger partial charge in [-0.05, 0) is 19.1 Å². The van der Waals surface area contributed by atoms with Crippen LogP contribution in [0.15, 0.2) is 22.4 Å². The van der Waals surface area contributed by atoms with E-state index in [2.05, 4.69) is 15.0 Å². The first-order valence-electron chi connectivity index (χ1n) is 6.28. The summed E-state index contributed by atoms with van der Waals surface area (Å²) in [7, 11) is 0. The van der Waals surface area contributed by atoms with Crippen molar-refractivity contribution in [2.45, 2.75) is 6.92 Å². The van der Waals surface area contributed by atoms with Crippen LogP contribution in [0.1, 0.15) is 6.92 Å². The van der Waals surface area contributed by atoms with Crippen LogP contribution in [0.4, 0.5) is 10.5 Å². The molecule has 1 unspecified atom stereocenters. The Balaban J connectivity index is 2.73. The van der Waals surface area contributed by atoms with E-state index in [1.54, 1.807) is 13.0 Å². The van der Waals surface area contributed by atoms with E-state index in [1.165, 1.54) is 12.1 Å². The first-order chi connectivity index (χ1) is 10.9. The lowest BCUT2D eigenvalue weighted by Crippen LogP contribution is -2.36. The molecule has 7 nitrogen and oxygen atoms in total. The highest BCUT2D eigenvalue weighted by Crippen LogP contribution is 2.36. The van der Waals surface area contributed by atoms with Crippen LogP contribution in [0.3, 0.4) is 0 Å². The number of rotatable bonds is 5. The topological polar surface area (TPSA) is 104 Å². The highest BCUT2D eigenvalue weighted by molar-refractivity contribution is 6.41. The molecule has 0 saturated heterocycles. The Kier molecular flexibility index (Phi) is 7.75. The highest BCUT2D eigenvalue weighted by atomic mass is 35.5. The predicted octanol–water partition coefficient (Wildman–Crippen LogP) is 4.14. The summed E-state index contributed by atoms with van der Waals surface area (Å²) >= 11 is 17.6. The summed E-state index contributed by atoms with van der Waals surface area (Å²) in [6.07, 6.45) is -0.932. The molecule has 0 aliphatic heterocycles. The molecular weight excluding hydrogens is 367 g/mol. The predicted molar refractivity (Wildman–Crippen MR) is 85.1 cm³/mol. The fraction of sp³-hybridized carbons (Fsp3) is 0.308. The molecule has 1 aromatic rings. The number of benzene rings is 1. The van der Waals surface area contributed by atoms with Crippen molar-refractivity contribution in [1.82, 2.24) is 5.32 Å². The first kappa shape index (κ1) is 19.2. The molecule has 0 heterocycles. The second-order valence-electron chi connectivity index (χ2n) is 4.03. The molecule has 1 rings (SSSR count). The fourth-order valence-corrected chi connectivity index (χ4v) is 2.25. The molecule has 0 aliphatic rings. The molecule has 0 aromatic heterocycles. The molecule has 1 atom stereocenters. The third-order valence-corrected chi connectivity index (χ3v) is 3.18. The largest absolute Gasteiger partial charge is 0.450 e. The zero-order valence-electron chi connectivity index (χ0n) is 11.8. The van der Waals surface area contributed by atoms with Gasteiger partial charge in [0.1, 0.15) is 11.6 Å². The quantitative estimate of drug-likeness (QED) is 0.778. The van der Waals surface area contributed by atoms with Crippen molar-refractivity contribution in [3.05, 3.63) is 27.2 Å². The van der Waals surface area contributed by atoms with Gasteiger partial charge in [0.2, 0.25) is 5.91 Å². The maximum atomic E-state index is 11.7. The number of nitriles is 1. The minimum Gasteiger partial charge on any atom is -0.450 e. The Labute approximate surface area is 147 Å². The monoisotopic (exact) mass is 376 g/mol. The fourth-order valence-electron chi connectivity index (χ4n) is 1.36. The van der Waals surface area contributed by atoms with E-state index in [9.17, 15) is 9.59 Å². The maximum Gasteiger partial charge on any atom is 0.413 e. The van der Waals surface area contributed by atoms with Crippen LogP contribution in [0.25, 0.3) is 0 Å². The Morgan fingerprint density at radius 1 is 1.35 bits per heavy atom. The molecule has 23 heavy (non-hydrogen) atoms. The normalized spacial score (nSPS) is 11.8. The summed E-state index contributed by atoms with van der Waals surface area (Å²) in [5, 5.41) is 19.1. The van der Waals surface area contributed by atoms with Gasteiger partial charge in [-0.2, -0.15) is 15.5 Å². The van der Waals surface area contributed by atoms with Gasteiger partial charge in [-0.15, -0.1) is 0 Å². The van der Waals surface area contributed by atoms with Crippen LogP contribution >= 0.6 is 34.8 Å². The van der Waals surface area contributed by atoms with Crippen LogP contribution in [-0.2, 0) is 9.53 Å². The van der Waals surface area contributed by atoms with Gasteiger partial charge in [0.05, 0.1) is 29.3 Å². The van der Waals surface area contributed by atoms with Gasteiger partial charge in [-0.3, -0.25) is 10.1 Å². The van der Waals surface area contributed by atoms with E-state index in [0.29, 0.717) is 5.02 Å². The molecule has 0 fully saturated rings. The number of carbonyl (C=O) groups is 2. The summed E-state index contributed by atoms with van der Waals surface area (Å²) in [4.78, 5) is 22.8. The van der Waals surface area contributed by atoms with E-state index in [-0.39, 0.29) is 28.9 Å². The molecule has 0 saturated carbocycles. The maximum absolute atomic E-state index is 11.7. The number of nitrogens with zero attached hydrogens (tertiary/aromatic N) is 3. The summed E-state index contributed by atoms with van der Waals surface area (Å²) in [5.41, 5.74) is 0.167. The minimum atomic E-state index is -1.21. The molecule has 0 aliphatic carbocycles. The first-order valence-corrected chi connectivity index (χ1v) is 7.41. The molecule has 0 radical (unpaired) electrons. The van der Waals surface area contributed by atoms with E-state index in [4.69, 9.17) is 40.1 Å². The van der Waals surface area contributed by atoms with Crippen LogP contribution in [0.2, 0.25) is 15.1 Å². The number of nitrogens with one attached hydrogen (secondary N) is 1. The minimum absolute atomic E-state index is 0.101. The molecular formula is C13H11Cl3N4O3.